The monoisotopic (exact) mass is 393 g/mol. The molecule has 1 N–H and O–H groups in total. The highest BCUT2D eigenvalue weighted by atomic mass is 32.2. The average Bonchev–Trinajstić information content (AvgIpc) is 3.02. The second-order valence-corrected chi connectivity index (χ2v) is 7.23. The van der Waals surface area contributed by atoms with Gasteiger partial charge in [0.05, 0.1) is 12.7 Å². The minimum absolute atomic E-state index is 0.139. The number of benzene rings is 1. The Labute approximate surface area is 149 Å². The number of nitrogens with zero attached hydrogens (tertiary/aromatic N) is 2. The van der Waals surface area contributed by atoms with Crippen LogP contribution in [0.15, 0.2) is 28.6 Å². The van der Waals surface area contributed by atoms with E-state index in [1.807, 2.05) is 0 Å². The van der Waals surface area contributed by atoms with Crippen LogP contribution in [0.25, 0.3) is 0 Å². The normalized spacial score (nSPS) is 18.1. The summed E-state index contributed by atoms with van der Waals surface area (Å²) in [5, 5.41) is 11.6. The Balaban J connectivity index is 1.50. The van der Waals surface area contributed by atoms with Gasteiger partial charge in [0.1, 0.15) is 12.5 Å². The van der Waals surface area contributed by atoms with Gasteiger partial charge < -0.3 is 19.5 Å². The standard InChI is InChI=1S/C14H14F3N3O3S2/c15-14(16,17)23-10-3-1-9(2-4-10)18-12-19-20-13(25-12)24-7-11-5-6-21-8-22-11/h1-4,11H,5-8H2,(H,18,19)/t11-/m1/s1. The number of nitrogens with one attached hydrogen (secondary N) is 1. The van der Waals surface area contributed by atoms with E-state index in [9.17, 15) is 13.2 Å². The van der Waals surface area contributed by atoms with Crippen molar-refractivity contribution in [3.8, 4) is 5.75 Å². The molecule has 6 nitrogen and oxygen atoms in total. The van der Waals surface area contributed by atoms with Crippen molar-refractivity contribution < 1.29 is 27.4 Å². The lowest BCUT2D eigenvalue weighted by atomic mass is 10.3. The highest BCUT2D eigenvalue weighted by molar-refractivity contribution is 8.01. The van der Waals surface area contributed by atoms with Crippen LogP contribution in [0.4, 0.5) is 24.0 Å². The van der Waals surface area contributed by atoms with E-state index in [-0.39, 0.29) is 11.9 Å². The molecule has 2 heterocycles. The Morgan fingerprint density at radius 2 is 2.08 bits per heavy atom. The quantitative estimate of drug-likeness (QED) is 0.743. The lowest BCUT2D eigenvalue weighted by molar-refractivity contribution is -0.274. The predicted octanol–water partition coefficient (Wildman–Crippen LogP) is 4.04. The number of alkyl halides is 3. The Kier molecular flexibility index (Phi) is 5.99. The highest BCUT2D eigenvalue weighted by Gasteiger charge is 2.30. The number of ether oxygens (including phenoxy) is 3. The smallest absolute Gasteiger partial charge is 0.406 e. The van der Waals surface area contributed by atoms with Crippen LogP contribution in [0.5, 0.6) is 5.75 Å². The molecule has 1 aromatic heterocycles. The molecule has 0 bridgehead atoms. The summed E-state index contributed by atoms with van der Waals surface area (Å²) in [7, 11) is 0. The second kappa shape index (κ2) is 8.21. The van der Waals surface area contributed by atoms with Crippen molar-refractivity contribution in [1.82, 2.24) is 10.2 Å². The van der Waals surface area contributed by atoms with E-state index in [1.54, 1.807) is 11.8 Å². The van der Waals surface area contributed by atoms with Crippen LogP contribution in [0.1, 0.15) is 6.42 Å². The fraction of sp³-hybridized carbons (Fsp3) is 0.429. The molecule has 0 unspecified atom stereocenters. The van der Waals surface area contributed by atoms with Crippen molar-refractivity contribution in [3.05, 3.63) is 24.3 Å². The third kappa shape index (κ3) is 6.03. The zero-order chi connectivity index (χ0) is 17.7. The van der Waals surface area contributed by atoms with Gasteiger partial charge in [0.25, 0.3) is 0 Å². The summed E-state index contributed by atoms with van der Waals surface area (Å²) in [6, 6.07) is 5.42. The number of halogens is 3. The summed E-state index contributed by atoms with van der Waals surface area (Å²) in [6.45, 7) is 1.02. The summed E-state index contributed by atoms with van der Waals surface area (Å²) < 4.78 is 51.6. The Morgan fingerprint density at radius 3 is 2.76 bits per heavy atom. The molecular formula is C14H14F3N3O3S2. The number of aromatic nitrogens is 2. The zero-order valence-electron chi connectivity index (χ0n) is 12.8. The van der Waals surface area contributed by atoms with Crippen molar-refractivity contribution in [3.63, 3.8) is 0 Å². The third-order valence-corrected chi connectivity index (χ3v) is 5.21. The zero-order valence-corrected chi connectivity index (χ0v) is 14.4. The summed E-state index contributed by atoms with van der Waals surface area (Å²) >= 11 is 2.91. The summed E-state index contributed by atoms with van der Waals surface area (Å²) in [5.74, 6) is 0.490. The van der Waals surface area contributed by atoms with Gasteiger partial charge in [-0.3, -0.25) is 0 Å². The summed E-state index contributed by atoms with van der Waals surface area (Å²) in [4.78, 5) is 0. The largest absolute Gasteiger partial charge is 0.573 e. The molecule has 1 aliphatic heterocycles. The van der Waals surface area contributed by atoms with Crippen LogP contribution >= 0.6 is 23.1 Å². The number of hydrogen-bond donors (Lipinski definition) is 1. The first-order valence-corrected chi connectivity index (χ1v) is 9.07. The van der Waals surface area contributed by atoms with Crippen LogP contribution < -0.4 is 10.1 Å². The van der Waals surface area contributed by atoms with Gasteiger partial charge in [0.2, 0.25) is 5.13 Å². The molecule has 1 saturated heterocycles. The maximum atomic E-state index is 12.1. The Morgan fingerprint density at radius 1 is 1.28 bits per heavy atom. The van der Waals surface area contributed by atoms with Crippen LogP contribution in [0, 0.1) is 0 Å². The van der Waals surface area contributed by atoms with Gasteiger partial charge in [0.15, 0.2) is 4.34 Å². The van der Waals surface area contributed by atoms with Crippen molar-refractivity contribution in [2.45, 2.75) is 23.2 Å². The van der Waals surface area contributed by atoms with Crippen molar-refractivity contribution in [2.75, 3.05) is 24.5 Å². The van der Waals surface area contributed by atoms with Crippen LogP contribution in [-0.4, -0.2) is 41.8 Å². The van der Waals surface area contributed by atoms with Crippen LogP contribution in [0.3, 0.4) is 0 Å². The molecule has 136 valence electrons. The lowest BCUT2D eigenvalue weighted by Crippen LogP contribution is -2.25. The van der Waals surface area contributed by atoms with Crippen LogP contribution in [0.2, 0.25) is 0 Å². The molecule has 0 radical (unpaired) electrons. The third-order valence-electron chi connectivity index (χ3n) is 3.11. The number of hydrogen-bond acceptors (Lipinski definition) is 8. The molecular weight excluding hydrogens is 379 g/mol. The van der Waals surface area contributed by atoms with Gasteiger partial charge in [-0.1, -0.05) is 23.1 Å². The molecule has 1 aromatic carbocycles. The molecule has 11 heteroatoms. The van der Waals surface area contributed by atoms with E-state index in [0.29, 0.717) is 24.2 Å². The number of thioether (sulfide) groups is 1. The molecule has 1 fully saturated rings. The van der Waals surface area contributed by atoms with Gasteiger partial charge in [-0.2, -0.15) is 0 Å². The molecule has 0 aliphatic carbocycles. The van der Waals surface area contributed by atoms with Crippen molar-refractivity contribution in [1.29, 1.82) is 0 Å². The molecule has 0 saturated carbocycles. The van der Waals surface area contributed by atoms with E-state index < -0.39 is 6.36 Å². The van der Waals surface area contributed by atoms with Gasteiger partial charge in [-0.25, -0.2) is 0 Å². The first-order valence-electron chi connectivity index (χ1n) is 7.26. The van der Waals surface area contributed by atoms with Gasteiger partial charge in [0, 0.05) is 11.4 Å². The minimum atomic E-state index is -4.70. The molecule has 2 aromatic rings. The fourth-order valence-electron chi connectivity index (χ4n) is 1.98. The van der Waals surface area contributed by atoms with E-state index >= 15 is 0 Å². The molecule has 3 rings (SSSR count). The Bertz CT molecular complexity index is 676. The van der Waals surface area contributed by atoms with Gasteiger partial charge in [-0.15, -0.1) is 23.4 Å². The summed E-state index contributed by atoms with van der Waals surface area (Å²) in [6.07, 6.45) is -3.71. The first kappa shape index (κ1) is 18.2. The highest BCUT2D eigenvalue weighted by Crippen LogP contribution is 2.30. The number of rotatable bonds is 6. The fourth-order valence-corrected chi connectivity index (χ4v) is 3.84. The SMILES string of the molecule is FC(F)(F)Oc1ccc(Nc2nnc(SC[C@H]3CCOCO3)s2)cc1. The average molecular weight is 393 g/mol. The van der Waals surface area contributed by atoms with Crippen molar-refractivity contribution >= 4 is 33.9 Å². The first-order chi connectivity index (χ1) is 12.0. The van der Waals surface area contributed by atoms with E-state index in [4.69, 9.17) is 9.47 Å². The number of anilines is 2. The topological polar surface area (TPSA) is 65.5 Å². The molecule has 0 amide bonds. The van der Waals surface area contributed by atoms with Gasteiger partial charge in [-0.05, 0) is 30.7 Å². The Hall–Kier alpha value is -1.56. The maximum Gasteiger partial charge on any atom is 0.573 e. The van der Waals surface area contributed by atoms with E-state index in [1.165, 1.54) is 35.6 Å². The maximum absolute atomic E-state index is 12.1. The van der Waals surface area contributed by atoms with Crippen molar-refractivity contribution in [2.24, 2.45) is 0 Å². The molecule has 1 atom stereocenters. The van der Waals surface area contributed by atoms with Crippen LogP contribution in [-0.2, 0) is 9.47 Å². The molecule has 25 heavy (non-hydrogen) atoms. The second-order valence-electron chi connectivity index (χ2n) is 4.98. The van der Waals surface area contributed by atoms with E-state index in [2.05, 4.69) is 20.3 Å². The summed E-state index contributed by atoms with van der Waals surface area (Å²) in [5.41, 5.74) is 0.593. The molecule has 1 aliphatic rings. The van der Waals surface area contributed by atoms with Gasteiger partial charge >= 0.3 is 6.36 Å². The van der Waals surface area contributed by atoms with E-state index in [0.717, 1.165) is 16.5 Å². The minimum Gasteiger partial charge on any atom is -0.406 e. The molecule has 0 spiro atoms. The lowest BCUT2D eigenvalue weighted by Gasteiger charge is -2.21. The predicted molar refractivity (Wildman–Crippen MR) is 87.3 cm³/mol.